The lowest BCUT2D eigenvalue weighted by Crippen LogP contribution is -2.13. The number of nitrogens with one attached hydrogen (secondary N) is 1. The van der Waals surface area contributed by atoms with E-state index in [9.17, 15) is 0 Å². The Labute approximate surface area is 124 Å². The van der Waals surface area contributed by atoms with Crippen LogP contribution in [-0.4, -0.2) is 11.6 Å². The molecular formula is C16H18N2OS. The Bertz CT molecular complexity index is 626. The van der Waals surface area contributed by atoms with Crippen molar-refractivity contribution in [3.63, 3.8) is 0 Å². The lowest BCUT2D eigenvalue weighted by molar-refractivity contribution is 0.342. The normalized spacial score (nSPS) is 10.1. The first-order chi connectivity index (χ1) is 9.63. The lowest BCUT2D eigenvalue weighted by Gasteiger charge is -2.16. The van der Waals surface area contributed by atoms with Crippen LogP contribution in [-0.2, 0) is 0 Å². The molecule has 0 aliphatic carbocycles. The number of aryl methyl sites for hydroxylation is 1. The van der Waals surface area contributed by atoms with Gasteiger partial charge >= 0.3 is 0 Å². The third-order valence-electron chi connectivity index (χ3n) is 2.98. The van der Waals surface area contributed by atoms with Crippen LogP contribution < -0.4 is 15.8 Å². The second-order valence-electron chi connectivity index (χ2n) is 4.42. The summed E-state index contributed by atoms with van der Waals surface area (Å²) in [6.07, 6.45) is 0. The number of para-hydroxylation sites is 3. The number of hydrogen-bond donors (Lipinski definition) is 2. The molecule has 3 nitrogen and oxygen atoms in total. The number of anilines is 2. The van der Waals surface area contributed by atoms with E-state index >= 15 is 0 Å². The molecule has 0 saturated heterocycles. The summed E-state index contributed by atoms with van der Waals surface area (Å²) >= 11 is 5.12. The first-order valence-corrected chi connectivity index (χ1v) is 6.92. The standard InChI is InChI=1S/C16H18N2OS/c1-3-19-14-10-5-4-9-13(14)18-15-11(2)7-6-8-12(15)16(17)20/h4-10,18H,3H2,1-2H3,(H2,17,20). The van der Waals surface area contributed by atoms with Crippen molar-refractivity contribution in [2.45, 2.75) is 13.8 Å². The first kappa shape index (κ1) is 14.3. The molecule has 2 aromatic rings. The van der Waals surface area contributed by atoms with Gasteiger partial charge in [0.25, 0.3) is 0 Å². The molecule has 0 fully saturated rings. The maximum absolute atomic E-state index is 5.79. The van der Waals surface area contributed by atoms with Crippen molar-refractivity contribution in [1.82, 2.24) is 0 Å². The minimum atomic E-state index is 0.380. The minimum Gasteiger partial charge on any atom is -0.492 e. The number of rotatable bonds is 5. The molecule has 104 valence electrons. The van der Waals surface area contributed by atoms with Gasteiger partial charge in [0, 0.05) is 5.56 Å². The van der Waals surface area contributed by atoms with Crippen LogP contribution >= 0.6 is 12.2 Å². The Balaban J connectivity index is 2.42. The van der Waals surface area contributed by atoms with E-state index in [0.717, 1.165) is 28.3 Å². The molecule has 0 radical (unpaired) electrons. The topological polar surface area (TPSA) is 47.3 Å². The third kappa shape index (κ3) is 3.08. The molecule has 0 aromatic heterocycles. The first-order valence-electron chi connectivity index (χ1n) is 6.51. The second kappa shape index (κ2) is 6.39. The van der Waals surface area contributed by atoms with Gasteiger partial charge in [-0.05, 0) is 37.6 Å². The molecule has 0 saturated carbocycles. The van der Waals surface area contributed by atoms with Crippen molar-refractivity contribution in [1.29, 1.82) is 0 Å². The van der Waals surface area contributed by atoms with Gasteiger partial charge in [0.1, 0.15) is 10.7 Å². The van der Waals surface area contributed by atoms with Gasteiger partial charge in [-0.15, -0.1) is 0 Å². The van der Waals surface area contributed by atoms with Crippen LogP contribution in [0.4, 0.5) is 11.4 Å². The van der Waals surface area contributed by atoms with E-state index in [4.69, 9.17) is 22.7 Å². The van der Waals surface area contributed by atoms with Crippen molar-refractivity contribution < 1.29 is 4.74 Å². The molecule has 20 heavy (non-hydrogen) atoms. The van der Waals surface area contributed by atoms with Gasteiger partial charge in [-0.25, -0.2) is 0 Å². The fourth-order valence-electron chi connectivity index (χ4n) is 2.02. The molecule has 3 N–H and O–H groups in total. The molecule has 0 bridgehead atoms. The van der Waals surface area contributed by atoms with Crippen LogP contribution in [0.15, 0.2) is 42.5 Å². The largest absolute Gasteiger partial charge is 0.492 e. The van der Waals surface area contributed by atoms with Crippen molar-refractivity contribution in [3.05, 3.63) is 53.6 Å². The van der Waals surface area contributed by atoms with E-state index < -0.39 is 0 Å². The summed E-state index contributed by atoms with van der Waals surface area (Å²) in [5.41, 5.74) is 9.55. The van der Waals surface area contributed by atoms with E-state index in [1.54, 1.807) is 0 Å². The Kier molecular flexibility index (Phi) is 4.58. The Morgan fingerprint density at radius 1 is 1.20 bits per heavy atom. The third-order valence-corrected chi connectivity index (χ3v) is 3.20. The predicted molar refractivity (Wildman–Crippen MR) is 88.0 cm³/mol. The molecule has 2 rings (SSSR count). The van der Waals surface area contributed by atoms with Crippen molar-refractivity contribution in [3.8, 4) is 5.75 Å². The average molecular weight is 286 g/mol. The highest BCUT2D eigenvalue weighted by Crippen LogP contribution is 2.30. The number of nitrogens with two attached hydrogens (primary N) is 1. The van der Waals surface area contributed by atoms with Gasteiger partial charge in [0.15, 0.2) is 0 Å². The maximum Gasteiger partial charge on any atom is 0.142 e. The van der Waals surface area contributed by atoms with Crippen LogP contribution in [0, 0.1) is 6.92 Å². The van der Waals surface area contributed by atoms with Gasteiger partial charge in [-0.3, -0.25) is 0 Å². The minimum absolute atomic E-state index is 0.380. The van der Waals surface area contributed by atoms with E-state index in [0.29, 0.717) is 11.6 Å². The fourth-order valence-corrected chi connectivity index (χ4v) is 2.20. The Morgan fingerprint density at radius 2 is 1.95 bits per heavy atom. The zero-order valence-corrected chi connectivity index (χ0v) is 12.5. The molecule has 0 aliphatic heterocycles. The number of hydrogen-bond acceptors (Lipinski definition) is 3. The zero-order valence-electron chi connectivity index (χ0n) is 11.6. The maximum atomic E-state index is 5.79. The SMILES string of the molecule is CCOc1ccccc1Nc1c(C)cccc1C(N)=S. The summed E-state index contributed by atoms with van der Waals surface area (Å²) in [6.45, 7) is 4.60. The number of benzene rings is 2. The quantitative estimate of drug-likeness (QED) is 0.821. The van der Waals surface area contributed by atoms with Crippen LogP contribution in [0.25, 0.3) is 0 Å². The van der Waals surface area contributed by atoms with Crippen molar-refractivity contribution >= 4 is 28.6 Å². The van der Waals surface area contributed by atoms with Gasteiger partial charge in [-0.2, -0.15) is 0 Å². The van der Waals surface area contributed by atoms with E-state index in [1.165, 1.54) is 0 Å². The predicted octanol–water partition coefficient (Wildman–Crippen LogP) is 3.77. The van der Waals surface area contributed by atoms with Gasteiger partial charge in [-0.1, -0.05) is 36.5 Å². The van der Waals surface area contributed by atoms with Crippen LogP contribution in [0.3, 0.4) is 0 Å². The molecule has 0 amide bonds. The van der Waals surface area contributed by atoms with Gasteiger partial charge < -0.3 is 15.8 Å². The number of ether oxygens (including phenoxy) is 1. The van der Waals surface area contributed by atoms with Crippen molar-refractivity contribution in [2.24, 2.45) is 5.73 Å². The highest BCUT2D eigenvalue weighted by Gasteiger charge is 2.10. The smallest absolute Gasteiger partial charge is 0.142 e. The van der Waals surface area contributed by atoms with Crippen molar-refractivity contribution in [2.75, 3.05) is 11.9 Å². The summed E-state index contributed by atoms with van der Waals surface area (Å²) in [4.78, 5) is 0.380. The van der Waals surface area contributed by atoms with Gasteiger partial charge in [0.05, 0.1) is 18.0 Å². The van der Waals surface area contributed by atoms with E-state index in [-0.39, 0.29) is 0 Å². The summed E-state index contributed by atoms with van der Waals surface area (Å²) in [5.74, 6) is 0.812. The summed E-state index contributed by atoms with van der Waals surface area (Å²) in [7, 11) is 0. The molecule has 2 aromatic carbocycles. The van der Waals surface area contributed by atoms with E-state index in [2.05, 4.69) is 5.32 Å². The van der Waals surface area contributed by atoms with Crippen LogP contribution in [0.1, 0.15) is 18.1 Å². The van der Waals surface area contributed by atoms with Crippen LogP contribution in [0.5, 0.6) is 5.75 Å². The summed E-state index contributed by atoms with van der Waals surface area (Å²) in [5, 5.41) is 3.38. The van der Waals surface area contributed by atoms with Crippen LogP contribution in [0.2, 0.25) is 0 Å². The zero-order chi connectivity index (χ0) is 14.5. The molecular weight excluding hydrogens is 268 g/mol. The average Bonchev–Trinajstić information content (AvgIpc) is 2.43. The molecule has 0 unspecified atom stereocenters. The molecule has 0 heterocycles. The molecule has 4 heteroatoms. The number of thiocarbonyl (C=S) groups is 1. The summed E-state index contributed by atoms with van der Waals surface area (Å²) < 4.78 is 5.62. The monoisotopic (exact) mass is 286 g/mol. The Morgan fingerprint density at radius 3 is 2.65 bits per heavy atom. The Hall–Kier alpha value is -2.07. The highest BCUT2D eigenvalue weighted by atomic mass is 32.1. The second-order valence-corrected chi connectivity index (χ2v) is 4.86. The fraction of sp³-hybridized carbons (Fsp3) is 0.188. The molecule has 0 spiro atoms. The lowest BCUT2D eigenvalue weighted by atomic mass is 10.1. The summed E-state index contributed by atoms with van der Waals surface area (Å²) in [6, 6.07) is 13.7. The molecule has 0 atom stereocenters. The van der Waals surface area contributed by atoms with E-state index in [1.807, 2.05) is 56.3 Å². The van der Waals surface area contributed by atoms with Gasteiger partial charge in [0.2, 0.25) is 0 Å². The highest BCUT2D eigenvalue weighted by molar-refractivity contribution is 7.80. The molecule has 0 aliphatic rings.